The molecule has 1 aliphatic heterocycles. The summed E-state index contributed by atoms with van der Waals surface area (Å²) in [5.41, 5.74) is 5.05. The summed E-state index contributed by atoms with van der Waals surface area (Å²) in [5, 5.41) is 10.7. The Morgan fingerprint density at radius 1 is 0.895 bits per heavy atom. The van der Waals surface area contributed by atoms with Crippen LogP contribution in [0.15, 0.2) is 66.9 Å². The van der Waals surface area contributed by atoms with Crippen LogP contribution in [0.5, 0.6) is 5.75 Å². The van der Waals surface area contributed by atoms with Gasteiger partial charge in [-0.15, -0.1) is 0 Å². The average molecular weight is 514 g/mol. The standard InChI is InChI=1S/C33H43N3O2/c1-26(37)33(38-32-13-7-6-11-30(32)18-19-31-12-8-20-34(31)2)36-23-21-35(22-24-36)25-27-14-16-29(17-15-27)28-9-4-3-5-10-28/h6-8,11-20,26,28,33,37H,3-5,9-10,21-25H2,1-2H3/b19-18+. The number of aliphatic hydroxyl groups is 1. The number of hydrogen-bond donors (Lipinski definition) is 1. The number of ether oxygens (including phenoxy) is 1. The van der Waals surface area contributed by atoms with Crippen LogP contribution in [-0.4, -0.2) is 58.0 Å². The zero-order valence-electron chi connectivity index (χ0n) is 23.0. The van der Waals surface area contributed by atoms with Crippen LogP contribution in [0.4, 0.5) is 0 Å². The molecule has 38 heavy (non-hydrogen) atoms. The maximum Gasteiger partial charge on any atom is 0.178 e. The van der Waals surface area contributed by atoms with E-state index in [9.17, 15) is 5.11 Å². The highest BCUT2D eigenvalue weighted by Gasteiger charge is 2.29. The van der Waals surface area contributed by atoms with Crippen molar-refractivity contribution in [1.29, 1.82) is 0 Å². The van der Waals surface area contributed by atoms with Crippen molar-refractivity contribution in [3.63, 3.8) is 0 Å². The van der Waals surface area contributed by atoms with Crippen LogP contribution in [0.1, 0.15) is 67.3 Å². The Morgan fingerprint density at radius 2 is 1.63 bits per heavy atom. The summed E-state index contributed by atoms with van der Waals surface area (Å²) in [6.07, 6.45) is 12.1. The molecule has 2 aliphatic rings. The molecule has 0 spiro atoms. The second-order valence-electron chi connectivity index (χ2n) is 11.1. The van der Waals surface area contributed by atoms with Gasteiger partial charge in [0, 0.05) is 57.2 Å². The Morgan fingerprint density at radius 3 is 2.32 bits per heavy atom. The van der Waals surface area contributed by atoms with Crippen molar-refractivity contribution in [3.8, 4) is 5.75 Å². The van der Waals surface area contributed by atoms with Crippen molar-refractivity contribution in [2.75, 3.05) is 26.2 Å². The predicted molar refractivity (Wildman–Crippen MR) is 156 cm³/mol. The van der Waals surface area contributed by atoms with Crippen molar-refractivity contribution in [2.45, 2.75) is 63.8 Å². The summed E-state index contributed by atoms with van der Waals surface area (Å²) in [6, 6.07) is 21.6. The second-order valence-corrected chi connectivity index (χ2v) is 11.1. The van der Waals surface area contributed by atoms with Gasteiger partial charge in [-0.3, -0.25) is 9.80 Å². The van der Waals surface area contributed by atoms with Gasteiger partial charge in [-0.25, -0.2) is 0 Å². The number of hydrogen-bond acceptors (Lipinski definition) is 4. The maximum atomic E-state index is 10.7. The van der Waals surface area contributed by atoms with Crippen LogP contribution in [-0.2, 0) is 13.6 Å². The van der Waals surface area contributed by atoms with Crippen molar-refractivity contribution in [2.24, 2.45) is 7.05 Å². The van der Waals surface area contributed by atoms with Gasteiger partial charge in [-0.2, -0.15) is 0 Å². The molecule has 0 radical (unpaired) electrons. The van der Waals surface area contributed by atoms with E-state index in [1.807, 2.05) is 44.4 Å². The molecule has 1 saturated heterocycles. The number of piperazine rings is 1. The van der Waals surface area contributed by atoms with Crippen LogP contribution < -0.4 is 4.74 Å². The largest absolute Gasteiger partial charge is 0.472 e. The molecule has 0 bridgehead atoms. The third kappa shape index (κ3) is 6.76. The zero-order valence-corrected chi connectivity index (χ0v) is 23.0. The highest BCUT2D eigenvalue weighted by Crippen LogP contribution is 2.32. The summed E-state index contributed by atoms with van der Waals surface area (Å²) in [5.74, 6) is 1.56. The summed E-state index contributed by atoms with van der Waals surface area (Å²) >= 11 is 0. The van der Waals surface area contributed by atoms with Gasteiger partial charge in [0.15, 0.2) is 6.23 Å². The Balaban J connectivity index is 1.17. The fraction of sp³-hybridized carbons (Fsp3) is 0.455. The van der Waals surface area contributed by atoms with E-state index >= 15 is 0 Å². The Bertz CT molecular complexity index is 1170. The lowest BCUT2D eigenvalue weighted by Gasteiger charge is -2.40. The number of para-hydroxylation sites is 1. The van der Waals surface area contributed by atoms with Gasteiger partial charge >= 0.3 is 0 Å². The van der Waals surface area contributed by atoms with Gasteiger partial charge in [0.05, 0.1) is 0 Å². The SMILES string of the molecule is CC(O)C(Oc1ccccc1/C=C/c1cccn1C)N1CCN(Cc2ccc(C3CCCCC3)cc2)CC1. The molecule has 1 aromatic heterocycles. The maximum absolute atomic E-state index is 10.7. The molecule has 1 N–H and O–H groups in total. The minimum atomic E-state index is -0.598. The smallest absolute Gasteiger partial charge is 0.178 e. The van der Waals surface area contributed by atoms with E-state index in [4.69, 9.17) is 4.74 Å². The molecule has 2 unspecified atom stereocenters. The van der Waals surface area contributed by atoms with Crippen LogP contribution in [0.2, 0.25) is 0 Å². The molecule has 2 heterocycles. The van der Waals surface area contributed by atoms with Crippen molar-refractivity contribution < 1.29 is 9.84 Å². The van der Waals surface area contributed by atoms with E-state index < -0.39 is 6.10 Å². The lowest BCUT2D eigenvalue weighted by molar-refractivity contribution is -0.0752. The van der Waals surface area contributed by atoms with Crippen molar-refractivity contribution in [3.05, 3.63) is 89.2 Å². The molecule has 2 fully saturated rings. The van der Waals surface area contributed by atoms with Crippen LogP contribution >= 0.6 is 0 Å². The number of benzene rings is 2. The molecule has 5 rings (SSSR count). The van der Waals surface area contributed by atoms with E-state index in [2.05, 4.69) is 62.9 Å². The fourth-order valence-corrected chi connectivity index (χ4v) is 5.92. The van der Waals surface area contributed by atoms with Gasteiger partial charge in [-0.1, -0.05) is 61.7 Å². The van der Waals surface area contributed by atoms with E-state index in [-0.39, 0.29) is 6.23 Å². The molecular weight excluding hydrogens is 470 g/mol. The topological polar surface area (TPSA) is 40.9 Å². The Hall–Kier alpha value is -2.86. The molecule has 1 aliphatic carbocycles. The summed E-state index contributed by atoms with van der Waals surface area (Å²) in [6.45, 7) is 6.48. The molecule has 5 nitrogen and oxygen atoms in total. The first kappa shape index (κ1) is 26.7. The summed E-state index contributed by atoms with van der Waals surface area (Å²) in [7, 11) is 2.04. The van der Waals surface area contributed by atoms with Crippen molar-refractivity contribution >= 4 is 12.2 Å². The molecule has 1 saturated carbocycles. The molecule has 202 valence electrons. The van der Waals surface area contributed by atoms with E-state index in [1.165, 1.54) is 43.2 Å². The highest BCUT2D eigenvalue weighted by atomic mass is 16.5. The van der Waals surface area contributed by atoms with Gasteiger partial charge in [0.25, 0.3) is 0 Å². The number of aromatic nitrogens is 1. The normalized spacial score (nSPS) is 19.6. The first-order valence-electron chi connectivity index (χ1n) is 14.4. The Labute approximate surface area is 228 Å². The van der Waals surface area contributed by atoms with Gasteiger partial charge in [0.2, 0.25) is 0 Å². The monoisotopic (exact) mass is 513 g/mol. The zero-order chi connectivity index (χ0) is 26.3. The molecule has 5 heteroatoms. The van der Waals surface area contributed by atoms with Crippen LogP contribution in [0.3, 0.4) is 0 Å². The predicted octanol–water partition coefficient (Wildman–Crippen LogP) is 6.15. The number of rotatable bonds is 9. The van der Waals surface area contributed by atoms with Crippen molar-refractivity contribution in [1.82, 2.24) is 14.4 Å². The quantitative estimate of drug-likeness (QED) is 0.373. The van der Waals surface area contributed by atoms with E-state index in [0.717, 1.165) is 55.6 Å². The van der Waals surface area contributed by atoms with Crippen LogP contribution in [0.25, 0.3) is 12.2 Å². The van der Waals surface area contributed by atoms with E-state index in [1.54, 1.807) is 0 Å². The van der Waals surface area contributed by atoms with Gasteiger partial charge in [0.1, 0.15) is 11.9 Å². The lowest BCUT2D eigenvalue weighted by atomic mass is 9.84. The molecule has 2 aromatic carbocycles. The second kappa shape index (κ2) is 12.8. The minimum absolute atomic E-state index is 0.378. The van der Waals surface area contributed by atoms with E-state index in [0.29, 0.717) is 0 Å². The Kier molecular flexibility index (Phi) is 9.00. The first-order chi connectivity index (χ1) is 18.6. The van der Waals surface area contributed by atoms with Crippen LogP contribution in [0, 0.1) is 0 Å². The lowest BCUT2D eigenvalue weighted by Crippen LogP contribution is -2.55. The highest BCUT2D eigenvalue weighted by molar-refractivity contribution is 5.71. The fourth-order valence-electron chi connectivity index (χ4n) is 5.92. The summed E-state index contributed by atoms with van der Waals surface area (Å²) < 4.78 is 8.56. The molecule has 3 aromatic rings. The molecule has 0 amide bonds. The van der Waals surface area contributed by atoms with Gasteiger partial charge in [-0.05, 0) is 67.2 Å². The summed E-state index contributed by atoms with van der Waals surface area (Å²) in [4.78, 5) is 4.80. The van der Waals surface area contributed by atoms with Gasteiger partial charge < -0.3 is 14.4 Å². The number of aryl methyl sites for hydroxylation is 1. The third-order valence-electron chi connectivity index (χ3n) is 8.23. The molecule has 2 atom stereocenters. The number of nitrogens with zero attached hydrogens (tertiary/aromatic N) is 3. The number of aliphatic hydroxyl groups excluding tert-OH is 1. The average Bonchev–Trinajstić information content (AvgIpc) is 3.37. The molecular formula is C33H43N3O2. The minimum Gasteiger partial charge on any atom is -0.472 e. The third-order valence-corrected chi connectivity index (χ3v) is 8.23. The first-order valence-corrected chi connectivity index (χ1v) is 14.4.